The summed E-state index contributed by atoms with van der Waals surface area (Å²) in [6.45, 7) is 2.10. The van der Waals surface area contributed by atoms with Gasteiger partial charge in [0.05, 0.1) is 14.2 Å². The van der Waals surface area contributed by atoms with Crippen LogP contribution >= 0.6 is 0 Å². The third-order valence-corrected chi connectivity index (χ3v) is 4.48. The molecule has 0 amide bonds. The van der Waals surface area contributed by atoms with Crippen molar-refractivity contribution in [2.45, 2.75) is 64.7 Å². The average molecular weight is 337 g/mol. The molecule has 24 heavy (non-hydrogen) atoms. The summed E-state index contributed by atoms with van der Waals surface area (Å²) < 4.78 is 10.3. The summed E-state index contributed by atoms with van der Waals surface area (Å²) >= 11 is 0. The van der Waals surface area contributed by atoms with Crippen molar-refractivity contribution < 1.29 is 19.4 Å². The molecule has 0 fully saturated rings. The highest BCUT2D eigenvalue weighted by atomic mass is 16.5. The van der Waals surface area contributed by atoms with Crippen molar-refractivity contribution >= 4 is 11.5 Å². The zero-order valence-electron chi connectivity index (χ0n) is 15.2. The molecule has 1 rings (SSSR count). The predicted octanol–water partition coefficient (Wildman–Crippen LogP) is 3.91. The molecular weight excluding hydrogens is 306 g/mol. The second kappa shape index (κ2) is 11.0. The molecule has 0 unspecified atom stereocenters. The monoisotopic (exact) mass is 337 g/mol. The first-order valence-electron chi connectivity index (χ1n) is 8.85. The minimum absolute atomic E-state index is 0.145. The van der Waals surface area contributed by atoms with E-state index in [1.165, 1.54) is 33.5 Å². The molecule has 0 radical (unpaired) electrons. The predicted molar refractivity (Wildman–Crippen MR) is 95.1 cm³/mol. The summed E-state index contributed by atoms with van der Waals surface area (Å²) in [5.41, 5.74) is 1.62. The topological polar surface area (TPSA) is 79.6 Å². The van der Waals surface area contributed by atoms with Gasteiger partial charge in [-0.15, -0.1) is 0 Å². The lowest BCUT2D eigenvalue weighted by Gasteiger charge is -2.22. The molecule has 0 spiro atoms. The molecule has 0 heterocycles. The molecule has 1 aliphatic carbocycles. The highest BCUT2D eigenvalue weighted by Crippen LogP contribution is 2.29. The second-order valence-electron chi connectivity index (χ2n) is 6.18. The van der Waals surface area contributed by atoms with Crippen LogP contribution in [0.3, 0.4) is 0 Å². The Hall–Kier alpha value is -1.62. The molecule has 0 aliphatic heterocycles. The Morgan fingerprint density at radius 2 is 1.38 bits per heavy atom. The number of aliphatic hydroxyl groups excluding tert-OH is 1. The maximum atomic E-state index is 12.5. The first kappa shape index (κ1) is 20.4. The summed E-state index contributed by atoms with van der Waals surface area (Å²) in [5, 5.41) is 16.9. The normalized spacial score (nSPS) is 15.3. The molecule has 0 aromatic rings. The van der Waals surface area contributed by atoms with Gasteiger partial charge in [0.25, 0.3) is 0 Å². The fourth-order valence-electron chi connectivity index (χ4n) is 3.00. The molecular formula is C19H31NO4. The first-order valence-corrected chi connectivity index (χ1v) is 8.85. The van der Waals surface area contributed by atoms with Crippen LogP contribution in [-0.4, -0.2) is 37.4 Å². The van der Waals surface area contributed by atoms with E-state index in [4.69, 9.17) is 20.0 Å². The lowest BCUT2D eigenvalue weighted by atomic mass is 9.89. The fraction of sp³-hybridized carbons (Fsp3) is 0.684. The number of ether oxygens (including phenoxy) is 2. The van der Waals surface area contributed by atoms with Crippen molar-refractivity contribution in [3.63, 3.8) is 0 Å². The lowest BCUT2D eigenvalue weighted by Crippen LogP contribution is -2.24. The summed E-state index contributed by atoms with van der Waals surface area (Å²) in [6.07, 6.45) is 9.47. The Labute approximate surface area is 145 Å². The SMILES string of the molecule is COC1=C(OC)C(=O)C(CCCCCCCCCCO)=C(C)C1=N. The quantitative estimate of drug-likeness (QED) is 0.418. The number of methoxy groups -OCH3 is 2. The van der Waals surface area contributed by atoms with Crippen LogP contribution in [0.5, 0.6) is 0 Å². The van der Waals surface area contributed by atoms with Gasteiger partial charge in [0.2, 0.25) is 11.5 Å². The van der Waals surface area contributed by atoms with E-state index in [1.54, 1.807) is 0 Å². The molecule has 0 saturated heterocycles. The van der Waals surface area contributed by atoms with Crippen LogP contribution in [0.1, 0.15) is 64.7 Å². The minimum atomic E-state index is -0.146. The third-order valence-electron chi connectivity index (χ3n) is 4.48. The molecule has 5 nitrogen and oxygen atoms in total. The van der Waals surface area contributed by atoms with Crippen molar-refractivity contribution in [3.8, 4) is 0 Å². The molecule has 2 N–H and O–H groups in total. The van der Waals surface area contributed by atoms with E-state index in [2.05, 4.69) is 0 Å². The van der Waals surface area contributed by atoms with Gasteiger partial charge < -0.3 is 14.6 Å². The number of unbranched alkanes of at least 4 members (excludes halogenated alkanes) is 7. The van der Waals surface area contributed by atoms with Gasteiger partial charge in [-0.25, -0.2) is 0 Å². The fourth-order valence-corrected chi connectivity index (χ4v) is 3.00. The maximum Gasteiger partial charge on any atom is 0.227 e. The number of ketones is 1. The van der Waals surface area contributed by atoms with E-state index in [0.717, 1.165) is 32.1 Å². The van der Waals surface area contributed by atoms with E-state index in [-0.39, 0.29) is 23.0 Å². The van der Waals surface area contributed by atoms with Crippen LogP contribution in [0.25, 0.3) is 0 Å². The summed E-state index contributed by atoms with van der Waals surface area (Å²) in [6, 6.07) is 0. The molecule has 0 atom stereocenters. The van der Waals surface area contributed by atoms with Crippen LogP contribution in [0.15, 0.2) is 22.7 Å². The largest absolute Gasteiger partial charge is 0.491 e. The number of hydrogen-bond donors (Lipinski definition) is 2. The van der Waals surface area contributed by atoms with Gasteiger partial charge in [-0.3, -0.25) is 10.2 Å². The second-order valence-corrected chi connectivity index (χ2v) is 6.18. The zero-order valence-corrected chi connectivity index (χ0v) is 15.2. The van der Waals surface area contributed by atoms with Crippen molar-refractivity contribution in [1.82, 2.24) is 0 Å². The van der Waals surface area contributed by atoms with E-state index >= 15 is 0 Å². The van der Waals surface area contributed by atoms with E-state index in [9.17, 15) is 4.79 Å². The van der Waals surface area contributed by atoms with Crippen LogP contribution < -0.4 is 0 Å². The molecule has 0 saturated carbocycles. The number of nitrogens with one attached hydrogen (secondary N) is 1. The Kier molecular flexibility index (Phi) is 9.38. The Morgan fingerprint density at radius 1 is 0.875 bits per heavy atom. The maximum absolute atomic E-state index is 12.5. The van der Waals surface area contributed by atoms with E-state index in [0.29, 0.717) is 24.2 Å². The van der Waals surface area contributed by atoms with Crippen molar-refractivity contribution in [2.24, 2.45) is 0 Å². The number of aliphatic hydroxyl groups is 1. The van der Waals surface area contributed by atoms with Crippen molar-refractivity contribution in [3.05, 3.63) is 22.7 Å². The molecule has 136 valence electrons. The van der Waals surface area contributed by atoms with Crippen LogP contribution in [0.4, 0.5) is 0 Å². The number of carbonyl (C=O) groups excluding carboxylic acids is 1. The van der Waals surface area contributed by atoms with E-state index < -0.39 is 0 Å². The van der Waals surface area contributed by atoms with Gasteiger partial charge in [-0.1, -0.05) is 38.5 Å². The number of Topliss-reactive ketones (excluding diaryl/α,β-unsaturated/α-hetero) is 1. The summed E-state index contributed by atoms with van der Waals surface area (Å²) in [4.78, 5) is 12.5. The van der Waals surface area contributed by atoms with Gasteiger partial charge >= 0.3 is 0 Å². The van der Waals surface area contributed by atoms with Gasteiger partial charge in [0.15, 0.2) is 5.76 Å². The standard InChI is InChI=1S/C19H31NO4/c1-14-15(12-10-8-6-4-5-7-9-11-13-21)17(22)19(24-3)18(23-2)16(14)20/h20-21H,4-13H2,1-3H3. The van der Waals surface area contributed by atoms with E-state index in [1.807, 2.05) is 6.92 Å². The van der Waals surface area contributed by atoms with Crippen molar-refractivity contribution in [2.75, 3.05) is 20.8 Å². The highest BCUT2D eigenvalue weighted by molar-refractivity contribution is 6.24. The van der Waals surface area contributed by atoms with Crippen LogP contribution in [0.2, 0.25) is 0 Å². The molecule has 0 bridgehead atoms. The van der Waals surface area contributed by atoms with Crippen molar-refractivity contribution in [1.29, 1.82) is 5.41 Å². The summed E-state index contributed by atoms with van der Waals surface area (Å²) in [5.74, 6) is 0.227. The Bertz CT molecular complexity index is 505. The third kappa shape index (κ3) is 5.48. The Morgan fingerprint density at radius 3 is 1.88 bits per heavy atom. The summed E-state index contributed by atoms with van der Waals surface area (Å²) in [7, 11) is 2.89. The number of rotatable bonds is 12. The van der Waals surface area contributed by atoms with Gasteiger partial charge in [0.1, 0.15) is 5.71 Å². The molecule has 5 heteroatoms. The van der Waals surface area contributed by atoms with Gasteiger partial charge in [0, 0.05) is 12.2 Å². The van der Waals surface area contributed by atoms with Crippen LogP contribution in [0, 0.1) is 5.41 Å². The number of hydrogen-bond acceptors (Lipinski definition) is 5. The zero-order chi connectivity index (χ0) is 17.9. The Balaban J connectivity index is 2.41. The van der Waals surface area contributed by atoms with Gasteiger partial charge in [-0.05, 0) is 31.8 Å². The average Bonchev–Trinajstić information content (AvgIpc) is 2.58. The molecule has 0 aromatic heterocycles. The first-order chi connectivity index (χ1) is 11.6. The molecule has 1 aliphatic rings. The smallest absolute Gasteiger partial charge is 0.227 e. The lowest BCUT2D eigenvalue weighted by molar-refractivity contribution is -0.115. The molecule has 0 aromatic carbocycles. The number of carbonyl (C=O) groups is 1. The minimum Gasteiger partial charge on any atom is -0.491 e. The highest BCUT2D eigenvalue weighted by Gasteiger charge is 2.31. The van der Waals surface area contributed by atoms with Crippen LogP contribution in [-0.2, 0) is 14.3 Å². The number of allylic oxidation sites excluding steroid dienone is 2. The van der Waals surface area contributed by atoms with Gasteiger partial charge in [-0.2, -0.15) is 0 Å².